The summed E-state index contributed by atoms with van der Waals surface area (Å²) >= 11 is 1.71. The number of para-hydroxylation sites is 1. The van der Waals surface area contributed by atoms with E-state index in [4.69, 9.17) is 4.74 Å². The molecule has 1 atom stereocenters. The number of aliphatic hydroxyl groups excluding tert-OH is 1. The molecule has 1 fully saturated rings. The summed E-state index contributed by atoms with van der Waals surface area (Å²) in [6, 6.07) is 20.5. The first-order valence-corrected chi connectivity index (χ1v) is 11.3. The topological polar surface area (TPSA) is 42.4 Å². The van der Waals surface area contributed by atoms with E-state index in [-0.39, 0.29) is 6.10 Å². The highest BCUT2D eigenvalue weighted by Crippen LogP contribution is 2.39. The SMILES string of the molecule is OC(c1cc2cc(OCc3ccc4ccccc4n3)ccc2s1)C1CCCCC1. The molecule has 0 saturated heterocycles. The van der Waals surface area contributed by atoms with Gasteiger partial charge in [0.05, 0.1) is 17.3 Å². The molecular weight excluding hydrogens is 378 g/mol. The fourth-order valence-corrected chi connectivity index (χ4v) is 5.43. The Bertz CT molecular complexity index is 1130. The molecule has 1 aliphatic carbocycles. The first-order valence-electron chi connectivity index (χ1n) is 10.5. The Labute approximate surface area is 175 Å². The molecule has 0 aliphatic heterocycles. The first-order chi connectivity index (χ1) is 14.3. The van der Waals surface area contributed by atoms with Gasteiger partial charge in [-0.2, -0.15) is 0 Å². The highest BCUT2D eigenvalue weighted by Gasteiger charge is 2.24. The number of ether oxygens (including phenoxy) is 1. The third kappa shape index (κ3) is 4.00. The number of thiophene rings is 1. The molecule has 4 heteroatoms. The predicted octanol–water partition coefficient (Wildman–Crippen LogP) is 6.64. The first kappa shape index (κ1) is 18.6. The van der Waals surface area contributed by atoms with Crippen LogP contribution in [-0.4, -0.2) is 10.1 Å². The molecule has 4 aromatic rings. The maximum atomic E-state index is 10.8. The van der Waals surface area contributed by atoms with E-state index >= 15 is 0 Å². The van der Waals surface area contributed by atoms with Gasteiger partial charge in [0.15, 0.2) is 0 Å². The van der Waals surface area contributed by atoms with Crippen molar-refractivity contribution in [2.24, 2.45) is 5.92 Å². The second-order valence-corrected chi connectivity index (χ2v) is 9.09. The van der Waals surface area contributed by atoms with Gasteiger partial charge in [-0.1, -0.05) is 43.5 Å². The van der Waals surface area contributed by atoms with E-state index in [9.17, 15) is 5.11 Å². The molecule has 1 aliphatic rings. The lowest BCUT2D eigenvalue weighted by Crippen LogP contribution is -2.14. The zero-order valence-electron chi connectivity index (χ0n) is 16.4. The Kier molecular flexibility index (Phi) is 5.21. The van der Waals surface area contributed by atoms with Crippen molar-refractivity contribution in [3.05, 3.63) is 71.2 Å². The van der Waals surface area contributed by atoms with Gasteiger partial charge in [0.25, 0.3) is 0 Å². The predicted molar refractivity (Wildman–Crippen MR) is 119 cm³/mol. The molecule has 0 bridgehead atoms. The molecule has 29 heavy (non-hydrogen) atoms. The molecule has 2 aromatic heterocycles. The monoisotopic (exact) mass is 403 g/mol. The van der Waals surface area contributed by atoms with Gasteiger partial charge < -0.3 is 9.84 Å². The van der Waals surface area contributed by atoms with Crippen molar-refractivity contribution in [3.63, 3.8) is 0 Å². The summed E-state index contributed by atoms with van der Waals surface area (Å²) in [5, 5.41) is 13.1. The molecular formula is C25H25NO2S. The third-order valence-electron chi connectivity index (χ3n) is 5.94. The molecule has 2 aromatic carbocycles. The van der Waals surface area contributed by atoms with E-state index in [1.807, 2.05) is 30.3 Å². The summed E-state index contributed by atoms with van der Waals surface area (Å²) in [5.41, 5.74) is 1.91. The number of pyridine rings is 1. The van der Waals surface area contributed by atoms with Gasteiger partial charge in [-0.05, 0) is 60.5 Å². The van der Waals surface area contributed by atoms with Crippen LogP contribution in [0, 0.1) is 5.92 Å². The van der Waals surface area contributed by atoms with Crippen LogP contribution in [-0.2, 0) is 6.61 Å². The lowest BCUT2D eigenvalue weighted by Gasteiger charge is -2.25. The Morgan fingerprint density at radius 1 is 0.966 bits per heavy atom. The molecule has 1 unspecified atom stereocenters. The second-order valence-electron chi connectivity index (χ2n) is 7.98. The largest absolute Gasteiger partial charge is 0.487 e. The van der Waals surface area contributed by atoms with Crippen LogP contribution in [0.2, 0.25) is 0 Å². The normalized spacial score (nSPS) is 16.3. The molecule has 1 saturated carbocycles. The number of benzene rings is 2. The Hall–Kier alpha value is -2.43. The summed E-state index contributed by atoms with van der Waals surface area (Å²) in [6.07, 6.45) is 5.74. The standard InChI is InChI=1S/C25H25NO2S/c27-25(18-7-2-1-3-8-18)24-15-19-14-21(12-13-23(19)29-24)28-16-20-11-10-17-6-4-5-9-22(17)26-20/h4-6,9-15,18,25,27H,1-3,7-8,16H2. The van der Waals surface area contributed by atoms with Crippen LogP contribution in [0.25, 0.3) is 21.0 Å². The van der Waals surface area contributed by atoms with E-state index in [0.717, 1.165) is 45.5 Å². The zero-order valence-corrected chi connectivity index (χ0v) is 17.2. The fraction of sp³-hybridized carbons (Fsp3) is 0.320. The van der Waals surface area contributed by atoms with Gasteiger partial charge in [0.2, 0.25) is 0 Å². The maximum absolute atomic E-state index is 10.8. The minimum atomic E-state index is -0.334. The number of aliphatic hydroxyl groups is 1. The second kappa shape index (κ2) is 8.13. The van der Waals surface area contributed by atoms with Crippen LogP contribution < -0.4 is 4.74 Å². The Balaban J connectivity index is 1.31. The zero-order chi connectivity index (χ0) is 19.6. The molecule has 0 amide bonds. The van der Waals surface area contributed by atoms with Crippen molar-refractivity contribution < 1.29 is 9.84 Å². The smallest absolute Gasteiger partial charge is 0.130 e. The maximum Gasteiger partial charge on any atom is 0.130 e. The third-order valence-corrected chi connectivity index (χ3v) is 7.12. The van der Waals surface area contributed by atoms with E-state index in [0.29, 0.717) is 12.5 Å². The summed E-state index contributed by atoms with van der Waals surface area (Å²) in [6.45, 7) is 0.442. The van der Waals surface area contributed by atoms with Crippen LogP contribution in [0.15, 0.2) is 60.7 Å². The highest BCUT2D eigenvalue weighted by molar-refractivity contribution is 7.19. The quantitative estimate of drug-likeness (QED) is 0.406. The van der Waals surface area contributed by atoms with Crippen molar-refractivity contribution in [1.82, 2.24) is 4.98 Å². The van der Waals surface area contributed by atoms with Crippen LogP contribution >= 0.6 is 11.3 Å². The highest BCUT2D eigenvalue weighted by atomic mass is 32.1. The van der Waals surface area contributed by atoms with Crippen molar-refractivity contribution in [2.75, 3.05) is 0 Å². The lowest BCUT2D eigenvalue weighted by molar-refractivity contribution is 0.0880. The van der Waals surface area contributed by atoms with Gasteiger partial charge in [-0.25, -0.2) is 4.98 Å². The molecule has 5 rings (SSSR count). The van der Waals surface area contributed by atoms with Gasteiger partial charge in [0.1, 0.15) is 12.4 Å². The van der Waals surface area contributed by atoms with Crippen LogP contribution in [0.5, 0.6) is 5.75 Å². The number of aromatic nitrogens is 1. The number of hydrogen-bond acceptors (Lipinski definition) is 4. The molecule has 3 nitrogen and oxygen atoms in total. The number of fused-ring (bicyclic) bond motifs is 2. The number of hydrogen-bond donors (Lipinski definition) is 1. The van der Waals surface area contributed by atoms with Crippen LogP contribution in [0.4, 0.5) is 0 Å². The summed E-state index contributed by atoms with van der Waals surface area (Å²) < 4.78 is 7.21. The van der Waals surface area contributed by atoms with Crippen molar-refractivity contribution in [1.29, 1.82) is 0 Å². The van der Waals surface area contributed by atoms with E-state index in [1.54, 1.807) is 11.3 Å². The van der Waals surface area contributed by atoms with Crippen LogP contribution in [0.1, 0.15) is 48.8 Å². The average Bonchev–Trinajstić information content (AvgIpc) is 3.21. The van der Waals surface area contributed by atoms with E-state index in [2.05, 4.69) is 35.3 Å². The summed E-state index contributed by atoms with van der Waals surface area (Å²) in [7, 11) is 0. The molecule has 1 N–H and O–H groups in total. The fourth-order valence-electron chi connectivity index (χ4n) is 4.31. The lowest BCUT2D eigenvalue weighted by atomic mass is 9.85. The van der Waals surface area contributed by atoms with E-state index < -0.39 is 0 Å². The minimum absolute atomic E-state index is 0.334. The summed E-state index contributed by atoms with van der Waals surface area (Å²) in [5.74, 6) is 1.25. The number of nitrogens with zero attached hydrogens (tertiary/aromatic N) is 1. The molecule has 2 heterocycles. The average molecular weight is 404 g/mol. The Morgan fingerprint density at radius 3 is 2.72 bits per heavy atom. The van der Waals surface area contributed by atoms with Crippen LogP contribution in [0.3, 0.4) is 0 Å². The van der Waals surface area contributed by atoms with Crippen molar-refractivity contribution in [2.45, 2.75) is 44.8 Å². The van der Waals surface area contributed by atoms with Gasteiger partial charge in [-0.3, -0.25) is 0 Å². The molecule has 0 radical (unpaired) electrons. The Morgan fingerprint density at radius 2 is 1.83 bits per heavy atom. The summed E-state index contributed by atoms with van der Waals surface area (Å²) in [4.78, 5) is 5.76. The van der Waals surface area contributed by atoms with E-state index in [1.165, 1.54) is 24.0 Å². The molecule has 148 valence electrons. The van der Waals surface area contributed by atoms with Crippen molar-refractivity contribution in [3.8, 4) is 5.75 Å². The van der Waals surface area contributed by atoms with Crippen molar-refractivity contribution >= 4 is 32.3 Å². The van der Waals surface area contributed by atoms with Gasteiger partial charge in [0, 0.05) is 15.0 Å². The number of rotatable bonds is 5. The van der Waals surface area contributed by atoms with Gasteiger partial charge in [-0.15, -0.1) is 11.3 Å². The van der Waals surface area contributed by atoms with Gasteiger partial charge >= 0.3 is 0 Å². The minimum Gasteiger partial charge on any atom is -0.487 e. The molecule has 0 spiro atoms.